The van der Waals surface area contributed by atoms with Gasteiger partial charge in [-0.05, 0) is 20.2 Å². The Labute approximate surface area is 104 Å². The maximum atomic E-state index is 5.99. The van der Waals surface area contributed by atoms with E-state index in [-0.39, 0.29) is 13.6 Å². The number of alkyl halides is 1. The highest BCUT2D eigenvalue weighted by molar-refractivity contribution is 14.1. The highest BCUT2D eigenvalue weighted by Gasteiger charge is 2.33. The molecule has 2 nitrogen and oxygen atoms in total. The van der Waals surface area contributed by atoms with Gasteiger partial charge in [-0.15, -0.1) is 8.93 Å². The summed E-state index contributed by atoms with van der Waals surface area (Å²) in [5.41, 5.74) is 0. The van der Waals surface area contributed by atoms with E-state index in [0.29, 0.717) is 17.9 Å². The third kappa shape index (κ3) is 3.52. The van der Waals surface area contributed by atoms with Gasteiger partial charge in [-0.2, -0.15) is 0 Å². The Bertz CT molecular complexity index is 176. The molecule has 84 valence electrons. The van der Waals surface area contributed by atoms with E-state index in [0.717, 1.165) is 11.0 Å². The monoisotopic (exact) mass is 348 g/mol. The van der Waals surface area contributed by atoms with Gasteiger partial charge in [0.1, 0.15) is 0 Å². The first-order valence-electron chi connectivity index (χ1n) is 4.86. The van der Waals surface area contributed by atoms with Crippen LogP contribution in [0.2, 0.25) is 0 Å². The molecular formula is C9H19IO2P2. The van der Waals surface area contributed by atoms with Gasteiger partial charge >= 0.3 is 0 Å². The molecule has 0 aromatic heterocycles. The van der Waals surface area contributed by atoms with Crippen LogP contribution in [0.3, 0.4) is 0 Å². The molecule has 0 bridgehead atoms. The molecule has 0 aromatic carbocycles. The average molecular weight is 348 g/mol. The van der Waals surface area contributed by atoms with Crippen molar-refractivity contribution in [3.63, 3.8) is 0 Å². The summed E-state index contributed by atoms with van der Waals surface area (Å²) in [5, 5.41) is 0. The van der Waals surface area contributed by atoms with Crippen LogP contribution in [-0.2, 0) is 9.47 Å². The molecule has 6 atom stereocenters. The molecule has 0 radical (unpaired) electrons. The highest BCUT2D eigenvalue weighted by atomic mass is 127. The smallest absolute Gasteiger partial charge is 0.179 e. The number of rotatable bonds is 3. The van der Waals surface area contributed by atoms with Crippen molar-refractivity contribution < 1.29 is 9.47 Å². The molecule has 0 spiro atoms. The van der Waals surface area contributed by atoms with E-state index in [2.05, 4.69) is 52.0 Å². The van der Waals surface area contributed by atoms with Crippen molar-refractivity contribution in [3.8, 4) is 0 Å². The van der Waals surface area contributed by atoms with Crippen molar-refractivity contribution in [3.05, 3.63) is 0 Å². The first-order valence-corrected chi connectivity index (χ1v) is 9.87. The lowest BCUT2D eigenvalue weighted by Gasteiger charge is -2.39. The fraction of sp³-hybridized carbons (Fsp3) is 1.00. The summed E-state index contributed by atoms with van der Waals surface area (Å²) < 4.78 is 12.8. The van der Waals surface area contributed by atoms with Crippen LogP contribution < -0.4 is 0 Å². The number of halogens is 1. The fourth-order valence-corrected chi connectivity index (χ4v) is 3.26. The molecule has 14 heavy (non-hydrogen) atoms. The summed E-state index contributed by atoms with van der Waals surface area (Å²) in [5.74, 6) is 1.15. The summed E-state index contributed by atoms with van der Waals surface area (Å²) in [4.78, 5) is 0. The van der Waals surface area contributed by atoms with Crippen molar-refractivity contribution in [2.45, 2.75) is 26.0 Å². The van der Waals surface area contributed by atoms with Crippen LogP contribution in [0.1, 0.15) is 13.8 Å². The number of hydrogen-bond donors (Lipinski definition) is 0. The van der Waals surface area contributed by atoms with E-state index >= 15 is 0 Å². The molecule has 1 aliphatic rings. The van der Waals surface area contributed by atoms with Crippen LogP contribution in [0, 0.1) is 11.8 Å². The third-order valence-corrected chi connectivity index (χ3v) is 5.53. The van der Waals surface area contributed by atoms with Crippen molar-refractivity contribution in [2.24, 2.45) is 11.8 Å². The number of hydrogen-bond acceptors (Lipinski definition) is 2. The predicted octanol–water partition coefficient (Wildman–Crippen LogP) is 3.29. The zero-order valence-electron chi connectivity index (χ0n) is 8.94. The Kier molecular flexibility index (Phi) is 6.10. The van der Waals surface area contributed by atoms with Gasteiger partial charge in [0.25, 0.3) is 0 Å². The van der Waals surface area contributed by atoms with Gasteiger partial charge in [-0.1, -0.05) is 36.4 Å². The Morgan fingerprint density at radius 1 is 1.64 bits per heavy atom. The zero-order valence-corrected chi connectivity index (χ0v) is 13.1. The van der Waals surface area contributed by atoms with Crippen LogP contribution in [0.5, 0.6) is 0 Å². The van der Waals surface area contributed by atoms with E-state index in [1.54, 1.807) is 0 Å². The van der Waals surface area contributed by atoms with Gasteiger partial charge in [-0.25, -0.2) is 0 Å². The van der Waals surface area contributed by atoms with E-state index in [1.165, 1.54) is 0 Å². The molecule has 0 amide bonds. The molecular weight excluding hydrogens is 329 g/mol. The Balaban J connectivity index is 2.55. The Morgan fingerprint density at radius 3 is 2.79 bits per heavy atom. The number of ether oxygens (including phenoxy) is 2. The first-order chi connectivity index (χ1) is 6.56. The van der Waals surface area contributed by atoms with Crippen molar-refractivity contribution in [1.82, 2.24) is 0 Å². The summed E-state index contributed by atoms with van der Waals surface area (Å²) >= 11 is 2.43. The molecule has 0 aliphatic carbocycles. The second kappa shape index (κ2) is 6.30. The molecule has 1 fully saturated rings. The van der Waals surface area contributed by atoms with Gasteiger partial charge in [0.15, 0.2) is 6.03 Å². The average Bonchev–Trinajstić information content (AvgIpc) is 2.17. The SMILES string of the molecule is CC(CI)C1OC(P(C)P)OCC1C. The zero-order chi connectivity index (χ0) is 10.7. The lowest BCUT2D eigenvalue weighted by molar-refractivity contribution is -0.201. The molecule has 0 N–H and O–H groups in total. The minimum atomic E-state index is -0.224. The largest absolute Gasteiger partial charge is 0.348 e. The molecule has 6 unspecified atom stereocenters. The minimum Gasteiger partial charge on any atom is -0.348 e. The fourth-order valence-electron chi connectivity index (χ4n) is 1.63. The van der Waals surface area contributed by atoms with E-state index in [1.807, 2.05) is 0 Å². The van der Waals surface area contributed by atoms with Crippen molar-refractivity contribution in [2.75, 3.05) is 17.7 Å². The lowest BCUT2D eigenvalue weighted by Crippen LogP contribution is -2.41. The van der Waals surface area contributed by atoms with Gasteiger partial charge in [0.05, 0.1) is 12.7 Å². The first kappa shape index (κ1) is 13.6. The second-order valence-corrected chi connectivity index (χ2v) is 9.09. The van der Waals surface area contributed by atoms with Crippen molar-refractivity contribution in [1.29, 1.82) is 0 Å². The molecule has 5 heteroatoms. The summed E-state index contributed by atoms with van der Waals surface area (Å²) in [6.45, 7) is 7.49. The molecule has 1 heterocycles. The van der Waals surface area contributed by atoms with Crippen LogP contribution in [0.4, 0.5) is 0 Å². The standard InChI is InChI=1S/C9H19IO2P2/c1-6(4-10)8-7(2)5-11-9(12-8)14(3)13/h6-9H,4-5,13H2,1-3H3. The second-order valence-electron chi connectivity index (χ2n) is 4.02. The van der Waals surface area contributed by atoms with Crippen molar-refractivity contribution >= 4 is 39.1 Å². The molecule has 0 aromatic rings. The molecule has 0 saturated carbocycles. The Morgan fingerprint density at radius 2 is 2.29 bits per heavy atom. The summed E-state index contributed by atoms with van der Waals surface area (Å²) in [7, 11) is 2.59. The Hall–Kier alpha value is 1.51. The van der Waals surface area contributed by atoms with Crippen LogP contribution in [0.15, 0.2) is 0 Å². The summed E-state index contributed by atoms with van der Waals surface area (Å²) in [6.07, 6.45) is 0.371. The van der Waals surface area contributed by atoms with Crippen LogP contribution in [-0.4, -0.2) is 29.8 Å². The maximum Gasteiger partial charge on any atom is 0.179 e. The quantitative estimate of drug-likeness (QED) is 0.443. The van der Waals surface area contributed by atoms with E-state index in [9.17, 15) is 0 Å². The van der Waals surface area contributed by atoms with E-state index in [4.69, 9.17) is 9.47 Å². The van der Waals surface area contributed by atoms with Gasteiger partial charge in [0.2, 0.25) is 0 Å². The van der Waals surface area contributed by atoms with Crippen LogP contribution >= 0.6 is 39.1 Å². The maximum absolute atomic E-state index is 5.99. The summed E-state index contributed by atoms with van der Waals surface area (Å²) in [6, 6.07) is 0.0293. The lowest BCUT2D eigenvalue weighted by atomic mass is 9.95. The predicted molar refractivity (Wildman–Crippen MR) is 74.4 cm³/mol. The molecule has 1 aliphatic heterocycles. The molecule has 1 saturated heterocycles. The molecule has 1 rings (SSSR count). The van der Waals surface area contributed by atoms with Crippen LogP contribution in [0.25, 0.3) is 0 Å². The normalized spacial score (nSPS) is 37.9. The van der Waals surface area contributed by atoms with Gasteiger partial charge < -0.3 is 9.47 Å². The highest BCUT2D eigenvalue weighted by Crippen LogP contribution is 2.49. The van der Waals surface area contributed by atoms with Gasteiger partial charge in [0, 0.05) is 10.3 Å². The minimum absolute atomic E-state index is 0.0293. The topological polar surface area (TPSA) is 18.5 Å². The van der Waals surface area contributed by atoms with E-state index < -0.39 is 0 Å². The third-order valence-electron chi connectivity index (χ3n) is 2.47. The van der Waals surface area contributed by atoms with Gasteiger partial charge in [-0.3, -0.25) is 0 Å².